The Hall–Kier alpha value is -4.41. The van der Waals surface area contributed by atoms with E-state index in [-0.39, 0.29) is 38.1 Å². The Labute approximate surface area is 195 Å². The summed E-state index contributed by atoms with van der Waals surface area (Å²) in [5, 5.41) is 0.874. The van der Waals surface area contributed by atoms with Crippen molar-refractivity contribution in [3.63, 3.8) is 0 Å². The molecule has 1 saturated heterocycles. The molecule has 0 N–H and O–H groups in total. The summed E-state index contributed by atoms with van der Waals surface area (Å²) >= 11 is 0. The van der Waals surface area contributed by atoms with Gasteiger partial charge < -0.3 is 19.3 Å². The van der Waals surface area contributed by atoms with Crippen molar-refractivity contribution in [3.05, 3.63) is 71.8 Å². The predicted octanol–water partition coefficient (Wildman–Crippen LogP) is 2.53. The molecule has 2 aromatic carbocycles. The van der Waals surface area contributed by atoms with Crippen molar-refractivity contribution in [3.8, 4) is 0 Å². The molecule has 1 heterocycles. The summed E-state index contributed by atoms with van der Waals surface area (Å²) in [5.41, 5.74) is 0.954. The maximum absolute atomic E-state index is 12.6. The zero-order chi connectivity index (χ0) is 24.5. The average Bonchev–Trinajstić information content (AvgIpc) is 3.17. The molecule has 0 aliphatic carbocycles. The van der Waals surface area contributed by atoms with E-state index in [0.29, 0.717) is 10.1 Å². The Morgan fingerprint density at radius 3 is 2.06 bits per heavy atom. The number of hydroxylamine groups is 4. The quantitative estimate of drug-likeness (QED) is 0.448. The highest BCUT2D eigenvalue weighted by molar-refractivity contribution is 6.01. The van der Waals surface area contributed by atoms with Gasteiger partial charge in [0.2, 0.25) is 0 Å². The number of likely N-dealkylation sites (N-methyl/N-ethyl adjacent to an activating group) is 1. The van der Waals surface area contributed by atoms with Crippen LogP contribution >= 0.6 is 0 Å². The molecule has 0 atom stereocenters. The standard InChI is InChI=1S/C23H23N3O8/c1-24(22(30)32-16-17-8-4-2-5-9-17)14-15-25(33-21(29)18-10-6-3-7-11-18)23(31)34-26-19(27)12-13-20(26)28/h2-11H,12-16H2,1H3. The van der Waals surface area contributed by atoms with E-state index < -0.39 is 30.0 Å². The first-order valence-electron chi connectivity index (χ1n) is 10.4. The van der Waals surface area contributed by atoms with Crippen molar-refractivity contribution in [1.29, 1.82) is 0 Å². The number of carbonyl (C=O) groups excluding carboxylic acids is 5. The van der Waals surface area contributed by atoms with Crippen LogP contribution < -0.4 is 0 Å². The minimum atomic E-state index is -1.26. The molecule has 0 saturated carbocycles. The van der Waals surface area contributed by atoms with Crippen molar-refractivity contribution in [2.75, 3.05) is 20.1 Å². The fourth-order valence-electron chi connectivity index (χ4n) is 2.84. The Morgan fingerprint density at radius 2 is 1.44 bits per heavy atom. The van der Waals surface area contributed by atoms with E-state index in [1.54, 1.807) is 30.3 Å². The molecule has 11 heteroatoms. The number of amides is 4. The number of hydrogen-bond acceptors (Lipinski definition) is 8. The summed E-state index contributed by atoms with van der Waals surface area (Å²) < 4.78 is 5.22. The lowest BCUT2D eigenvalue weighted by Gasteiger charge is -2.24. The number of benzene rings is 2. The van der Waals surface area contributed by atoms with Gasteiger partial charge in [-0.15, -0.1) is 10.1 Å². The third-order valence-electron chi connectivity index (χ3n) is 4.74. The monoisotopic (exact) mass is 469 g/mol. The van der Waals surface area contributed by atoms with E-state index in [2.05, 4.69) is 0 Å². The summed E-state index contributed by atoms with van der Waals surface area (Å²) in [6.07, 6.45) is -2.12. The number of ether oxygens (including phenoxy) is 1. The Morgan fingerprint density at radius 1 is 0.853 bits per heavy atom. The van der Waals surface area contributed by atoms with Crippen molar-refractivity contribution in [2.24, 2.45) is 0 Å². The first kappa shape index (κ1) is 24.2. The molecule has 0 aromatic heterocycles. The predicted molar refractivity (Wildman–Crippen MR) is 115 cm³/mol. The van der Waals surface area contributed by atoms with Crippen LogP contribution in [-0.4, -0.2) is 65.1 Å². The van der Waals surface area contributed by atoms with Crippen molar-refractivity contribution < 1.29 is 38.4 Å². The van der Waals surface area contributed by atoms with E-state index in [4.69, 9.17) is 14.4 Å². The molecule has 2 aromatic rings. The third-order valence-corrected chi connectivity index (χ3v) is 4.74. The second-order valence-electron chi connectivity index (χ2n) is 7.25. The summed E-state index contributed by atoms with van der Waals surface area (Å²) in [6, 6.07) is 16.9. The summed E-state index contributed by atoms with van der Waals surface area (Å²) in [6.45, 7) is -0.366. The van der Waals surface area contributed by atoms with Crippen LogP contribution in [0.4, 0.5) is 9.59 Å². The van der Waals surface area contributed by atoms with Gasteiger partial charge in [-0.1, -0.05) is 48.5 Å². The zero-order valence-electron chi connectivity index (χ0n) is 18.4. The van der Waals surface area contributed by atoms with E-state index in [9.17, 15) is 24.0 Å². The maximum atomic E-state index is 12.6. The van der Waals surface area contributed by atoms with Gasteiger partial charge in [-0.25, -0.2) is 14.4 Å². The molecule has 1 fully saturated rings. The van der Waals surface area contributed by atoms with Gasteiger partial charge in [0.25, 0.3) is 11.8 Å². The van der Waals surface area contributed by atoms with Gasteiger partial charge in [-0.05, 0) is 17.7 Å². The van der Waals surface area contributed by atoms with Gasteiger partial charge in [0.05, 0.1) is 12.1 Å². The molecule has 1 aliphatic rings. The van der Waals surface area contributed by atoms with Crippen molar-refractivity contribution >= 4 is 30.0 Å². The van der Waals surface area contributed by atoms with Crippen molar-refractivity contribution in [1.82, 2.24) is 15.0 Å². The molecule has 0 bridgehead atoms. The summed E-state index contributed by atoms with van der Waals surface area (Å²) in [5.74, 6) is -2.24. The SMILES string of the molecule is CN(CCN(OC(=O)c1ccccc1)C(=O)ON1C(=O)CCC1=O)C(=O)OCc1ccccc1. The van der Waals surface area contributed by atoms with Gasteiger partial charge in [-0.3, -0.25) is 9.59 Å². The molecule has 3 rings (SSSR count). The van der Waals surface area contributed by atoms with E-state index >= 15 is 0 Å². The lowest BCUT2D eigenvalue weighted by atomic mass is 10.2. The lowest BCUT2D eigenvalue weighted by molar-refractivity contribution is -0.183. The van der Waals surface area contributed by atoms with Crippen LogP contribution in [0.3, 0.4) is 0 Å². The van der Waals surface area contributed by atoms with Gasteiger partial charge in [0.15, 0.2) is 0 Å². The van der Waals surface area contributed by atoms with Crippen LogP contribution in [0, 0.1) is 0 Å². The Kier molecular flexibility index (Phi) is 8.16. The summed E-state index contributed by atoms with van der Waals surface area (Å²) in [7, 11) is 1.43. The first-order valence-corrected chi connectivity index (χ1v) is 10.4. The van der Waals surface area contributed by atoms with Gasteiger partial charge in [-0.2, -0.15) is 0 Å². The number of carbonyl (C=O) groups is 5. The molecule has 178 valence electrons. The smallest absolute Gasteiger partial charge is 0.445 e. The van der Waals surface area contributed by atoms with Crippen LogP contribution in [0.25, 0.3) is 0 Å². The van der Waals surface area contributed by atoms with Crippen LogP contribution in [0.2, 0.25) is 0 Å². The largest absolute Gasteiger partial charge is 0.468 e. The van der Waals surface area contributed by atoms with Gasteiger partial charge >= 0.3 is 18.2 Å². The second kappa shape index (κ2) is 11.5. The Bertz CT molecular complexity index is 1030. The summed E-state index contributed by atoms with van der Waals surface area (Å²) in [4.78, 5) is 72.0. The zero-order valence-corrected chi connectivity index (χ0v) is 18.4. The number of imide groups is 1. The number of rotatable bonds is 7. The van der Waals surface area contributed by atoms with Crippen LogP contribution in [0.1, 0.15) is 28.8 Å². The fraction of sp³-hybridized carbons (Fsp3) is 0.261. The highest BCUT2D eigenvalue weighted by Crippen LogP contribution is 2.14. The molecule has 0 spiro atoms. The maximum Gasteiger partial charge on any atom is 0.468 e. The third kappa shape index (κ3) is 6.55. The highest BCUT2D eigenvalue weighted by Gasteiger charge is 2.35. The molecule has 34 heavy (non-hydrogen) atoms. The molecular formula is C23H23N3O8. The van der Waals surface area contributed by atoms with Crippen LogP contribution in [0.15, 0.2) is 60.7 Å². The first-order chi connectivity index (χ1) is 16.3. The van der Waals surface area contributed by atoms with Gasteiger partial charge in [0.1, 0.15) is 6.61 Å². The number of nitrogens with zero attached hydrogens (tertiary/aromatic N) is 3. The van der Waals surface area contributed by atoms with E-state index in [1.165, 1.54) is 24.1 Å². The van der Waals surface area contributed by atoms with Crippen LogP contribution in [-0.2, 0) is 30.6 Å². The molecule has 1 aliphatic heterocycles. The minimum Gasteiger partial charge on any atom is -0.445 e. The second-order valence-corrected chi connectivity index (χ2v) is 7.25. The highest BCUT2D eigenvalue weighted by atomic mass is 16.8. The molecule has 11 nitrogen and oxygen atoms in total. The normalized spacial score (nSPS) is 12.8. The topological polar surface area (TPSA) is 123 Å². The average molecular weight is 469 g/mol. The van der Waals surface area contributed by atoms with Crippen molar-refractivity contribution in [2.45, 2.75) is 19.4 Å². The Balaban J connectivity index is 1.61. The van der Waals surface area contributed by atoms with E-state index in [1.807, 2.05) is 18.2 Å². The molecule has 4 amide bonds. The number of hydrogen-bond donors (Lipinski definition) is 0. The lowest BCUT2D eigenvalue weighted by Crippen LogP contribution is -2.44. The van der Waals surface area contributed by atoms with E-state index in [0.717, 1.165) is 5.56 Å². The van der Waals surface area contributed by atoms with Gasteiger partial charge in [0, 0.05) is 26.4 Å². The molecule has 0 unspecified atom stereocenters. The molecule has 0 radical (unpaired) electrons. The van der Waals surface area contributed by atoms with Crippen LogP contribution in [0.5, 0.6) is 0 Å². The minimum absolute atomic E-state index is 0.0535. The fourth-order valence-corrected chi connectivity index (χ4v) is 2.84. The molecular weight excluding hydrogens is 446 g/mol.